The first-order chi connectivity index (χ1) is 9.54. The molecule has 3 rings (SSSR count). The van der Waals surface area contributed by atoms with Gasteiger partial charge in [0, 0.05) is 25.8 Å². The fraction of sp³-hybridized carbons (Fsp3) is 1.00. The zero-order valence-corrected chi connectivity index (χ0v) is 12.4. The smallest absolute Gasteiger partial charge is 0.190 e. The van der Waals surface area contributed by atoms with Crippen molar-refractivity contribution < 1.29 is 24.1 Å². The lowest BCUT2D eigenvalue weighted by molar-refractivity contribution is -0.220. The van der Waals surface area contributed by atoms with Crippen molar-refractivity contribution in [3.8, 4) is 0 Å². The maximum absolute atomic E-state index is 9.28. The van der Waals surface area contributed by atoms with Crippen LogP contribution in [0.4, 0.5) is 0 Å². The van der Waals surface area contributed by atoms with Crippen LogP contribution < -0.4 is 5.32 Å². The molecule has 0 radical (unpaired) electrons. The molecule has 1 aliphatic carbocycles. The highest BCUT2D eigenvalue weighted by atomic mass is 16.8. The van der Waals surface area contributed by atoms with Crippen LogP contribution >= 0.6 is 0 Å². The Morgan fingerprint density at radius 1 is 1.35 bits per heavy atom. The van der Waals surface area contributed by atoms with E-state index in [4.69, 9.17) is 18.9 Å². The Labute approximate surface area is 119 Å². The molecule has 2 saturated heterocycles. The Bertz CT molecular complexity index is 346. The average molecular weight is 287 g/mol. The largest absolute Gasteiger partial charge is 0.396 e. The van der Waals surface area contributed by atoms with Crippen LogP contribution in [-0.4, -0.2) is 61.3 Å². The highest BCUT2D eigenvalue weighted by molar-refractivity contribution is 5.00. The molecule has 0 spiro atoms. The monoisotopic (exact) mass is 287 g/mol. The summed E-state index contributed by atoms with van der Waals surface area (Å²) >= 11 is 0. The summed E-state index contributed by atoms with van der Waals surface area (Å²) in [6.45, 7) is 3.89. The number of fused-ring (bicyclic) bond motifs is 1. The maximum atomic E-state index is 9.28. The van der Waals surface area contributed by atoms with Gasteiger partial charge in [0.15, 0.2) is 12.1 Å². The average Bonchev–Trinajstić information content (AvgIpc) is 3.05. The van der Waals surface area contributed by atoms with E-state index < -0.39 is 5.79 Å². The summed E-state index contributed by atoms with van der Waals surface area (Å²) in [6.07, 6.45) is 2.11. The summed E-state index contributed by atoms with van der Waals surface area (Å²) in [5.74, 6) is -0.631. The van der Waals surface area contributed by atoms with Gasteiger partial charge in [-0.15, -0.1) is 0 Å². The van der Waals surface area contributed by atoms with Crippen molar-refractivity contribution in [2.24, 2.45) is 0 Å². The Hall–Kier alpha value is -0.240. The first kappa shape index (κ1) is 14.7. The molecule has 6 heteroatoms. The lowest BCUT2D eigenvalue weighted by atomic mass is 10.0. The van der Waals surface area contributed by atoms with E-state index in [1.165, 1.54) is 12.8 Å². The van der Waals surface area contributed by atoms with Gasteiger partial charge in [0.25, 0.3) is 0 Å². The van der Waals surface area contributed by atoms with Gasteiger partial charge in [-0.3, -0.25) is 0 Å². The topological polar surface area (TPSA) is 69.2 Å². The molecule has 0 bridgehead atoms. The van der Waals surface area contributed by atoms with Gasteiger partial charge in [0.05, 0.1) is 0 Å². The number of rotatable bonds is 6. The molecular formula is C14H25NO5. The Morgan fingerprint density at radius 3 is 2.70 bits per heavy atom. The second kappa shape index (κ2) is 5.51. The lowest BCUT2D eigenvalue weighted by Gasteiger charge is -2.30. The van der Waals surface area contributed by atoms with Crippen LogP contribution in [0, 0.1) is 0 Å². The molecule has 0 aromatic heterocycles. The van der Waals surface area contributed by atoms with Crippen molar-refractivity contribution in [1.29, 1.82) is 0 Å². The second-order valence-corrected chi connectivity index (χ2v) is 6.33. The molecule has 1 saturated carbocycles. The summed E-state index contributed by atoms with van der Waals surface area (Å²) in [5, 5.41) is 12.8. The maximum Gasteiger partial charge on any atom is 0.190 e. The van der Waals surface area contributed by atoms with Crippen LogP contribution in [0.3, 0.4) is 0 Å². The number of ether oxygens (including phenoxy) is 4. The van der Waals surface area contributed by atoms with Crippen LogP contribution in [-0.2, 0) is 18.9 Å². The van der Waals surface area contributed by atoms with Crippen LogP contribution in [0.1, 0.15) is 33.1 Å². The summed E-state index contributed by atoms with van der Waals surface area (Å²) in [6, 6.07) is 0.615. The van der Waals surface area contributed by atoms with Gasteiger partial charge in [0.2, 0.25) is 0 Å². The molecule has 0 aromatic rings. The fourth-order valence-corrected chi connectivity index (χ4v) is 3.13. The van der Waals surface area contributed by atoms with Crippen molar-refractivity contribution in [3.05, 3.63) is 0 Å². The SMILES string of the molecule is CO[C@@H]1[C@H]2OC(C)(C)O[C@H]2O[C@@H]1[C@H](CCO)NC1CC1. The van der Waals surface area contributed by atoms with Crippen molar-refractivity contribution in [1.82, 2.24) is 5.32 Å². The second-order valence-electron chi connectivity index (χ2n) is 6.33. The number of aliphatic hydroxyl groups excluding tert-OH is 1. The highest BCUT2D eigenvalue weighted by Crippen LogP contribution is 2.40. The summed E-state index contributed by atoms with van der Waals surface area (Å²) in [5.41, 5.74) is 0. The molecule has 0 aromatic carbocycles. The third-order valence-electron chi connectivity index (χ3n) is 4.16. The Balaban J connectivity index is 1.69. The first-order valence-corrected chi connectivity index (χ1v) is 7.45. The minimum atomic E-state index is -0.631. The molecule has 3 fully saturated rings. The van der Waals surface area contributed by atoms with Gasteiger partial charge in [-0.05, 0) is 33.1 Å². The van der Waals surface area contributed by atoms with Crippen LogP contribution in [0.5, 0.6) is 0 Å². The Kier molecular flexibility index (Phi) is 4.05. The molecule has 2 heterocycles. The Morgan fingerprint density at radius 2 is 2.10 bits per heavy atom. The van der Waals surface area contributed by atoms with Crippen molar-refractivity contribution >= 4 is 0 Å². The number of aliphatic hydroxyl groups is 1. The summed E-state index contributed by atoms with van der Waals surface area (Å²) in [7, 11) is 1.67. The quantitative estimate of drug-likeness (QED) is 0.736. The van der Waals surface area contributed by atoms with E-state index in [9.17, 15) is 5.11 Å². The van der Waals surface area contributed by atoms with E-state index in [2.05, 4.69) is 5.32 Å². The molecule has 20 heavy (non-hydrogen) atoms. The van der Waals surface area contributed by atoms with Gasteiger partial charge in [-0.25, -0.2) is 0 Å². The lowest BCUT2D eigenvalue weighted by Crippen LogP contribution is -2.49. The molecule has 5 atom stereocenters. The third-order valence-corrected chi connectivity index (χ3v) is 4.16. The van der Waals surface area contributed by atoms with E-state index in [0.717, 1.165) is 0 Å². The van der Waals surface area contributed by atoms with Gasteiger partial charge in [-0.2, -0.15) is 0 Å². The third kappa shape index (κ3) is 2.86. The van der Waals surface area contributed by atoms with Crippen LogP contribution in [0.25, 0.3) is 0 Å². The van der Waals surface area contributed by atoms with Crippen LogP contribution in [0.15, 0.2) is 0 Å². The normalized spacial score (nSPS) is 40.8. The van der Waals surface area contributed by atoms with Gasteiger partial charge in [-0.1, -0.05) is 0 Å². The number of hydrogen-bond acceptors (Lipinski definition) is 6. The minimum absolute atomic E-state index is 0.0679. The molecule has 2 N–H and O–H groups in total. The van der Waals surface area contributed by atoms with Crippen molar-refractivity contribution in [2.75, 3.05) is 13.7 Å². The van der Waals surface area contributed by atoms with E-state index in [1.54, 1.807) is 7.11 Å². The zero-order chi connectivity index (χ0) is 14.3. The van der Waals surface area contributed by atoms with Crippen LogP contribution in [0.2, 0.25) is 0 Å². The van der Waals surface area contributed by atoms with Gasteiger partial charge < -0.3 is 29.4 Å². The first-order valence-electron chi connectivity index (χ1n) is 7.45. The molecular weight excluding hydrogens is 262 g/mol. The van der Waals surface area contributed by atoms with Gasteiger partial charge in [0.1, 0.15) is 18.3 Å². The molecule has 0 unspecified atom stereocenters. The minimum Gasteiger partial charge on any atom is -0.396 e. The van der Waals surface area contributed by atoms with Gasteiger partial charge >= 0.3 is 0 Å². The van der Waals surface area contributed by atoms with E-state index in [0.29, 0.717) is 12.5 Å². The van der Waals surface area contributed by atoms with Crippen molar-refractivity contribution in [3.63, 3.8) is 0 Å². The fourth-order valence-electron chi connectivity index (χ4n) is 3.13. The summed E-state index contributed by atoms with van der Waals surface area (Å²) in [4.78, 5) is 0. The zero-order valence-electron chi connectivity index (χ0n) is 12.4. The molecule has 3 aliphatic rings. The van der Waals surface area contributed by atoms with E-state index in [1.807, 2.05) is 13.8 Å². The number of nitrogens with one attached hydrogen (secondary N) is 1. The predicted molar refractivity (Wildman–Crippen MR) is 71.1 cm³/mol. The molecule has 0 amide bonds. The summed E-state index contributed by atoms with van der Waals surface area (Å²) < 4.78 is 23.3. The molecule has 116 valence electrons. The number of hydrogen-bond donors (Lipinski definition) is 2. The van der Waals surface area contributed by atoms with E-state index in [-0.39, 0.29) is 37.3 Å². The highest BCUT2D eigenvalue weighted by Gasteiger charge is 2.56. The molecule has 2 aliphatic heterocycles. The molecule has 6 nitrogen and oxygen atoms in total. The van der Waals surface area contributed by atoms with E-state index >= 15 is 0 Å². The number of methoxy groups -OCH3 is 1. The van der Waals surface area contributed by atoms with Crippen molar-refractivity contribution in [2.45, 2.75) is 75.6 Å². The standard InChI is InChI=1S/C14H25NO5/c1-14(2)19-12-11(17-3)10(18-13(12)20-14)9(6-7-16)15-8-4-5-8/h8-13,15-16H,4-7H2,1-3H3/t9-,10+,11-,12+,13+/m0/s1. The predicted octanol–water partition coefficient (Wildman–Crippen LogP) is 0.381.